The first-order valence-electron chi connectivity index (χ1n) is 10.9. The molecule has 1 aliphatic rings. The number of rotatable bonds is 6. The van der Waals surface area contributed by atoms with Crippen molar-refractivity contribution in [3.05, 3.63) is 75.5 Å². The summed E-state index contributed by atoms with van der Waals surface area (Å²) in [5.74, 6) is -2.13. The average molecular weight is 643 g/mol. The van der Waals surface area contributed by atoms with Crippen molar-refractivity contribution in [3.63, 3.8) is 0 Å². The van der Waals surface area contributed by atoms with Crippen LogP contribution in [0.15, 0.2) is 56.9 Å². The molecule has 7 nitrogen and oxygen atoms in total. The third-order valence-electron chi connectivity index (χ3n) is 6.41. The largest absolute Gasteiger partial charge is 0.417 e. The zero-order valence-electron chi connectivity index (χ0n) is 19.7. The number of halogens is 6. The number of fused-ring (bicyclic) bond motifs is 1. The smallest absolute Gasteiger partial charge is 0.368 e. The fraction of sp³-hybridized carbons (Fsp3) is 0.304. The van der Waals surface area contributed by atoms with Gasteiger partial charge in [-0.3, -0.25) is 4.72 Å². The van der Waals surface area contributed by atoms with Crippen LogP contribution in [-0.2, 0) is 37.6 Å². The molecule has 1 atom stereocenters. The molecule has 15 heteroatoms. The van der Waals surface area contributed by atoms with E-state index in [0.29, 0.717) is 27.9 Å². The van der Waals surface area contributed by atoms with Gasteiger partial charge < -0.3 is 4.74 Å². The second-order valence-electron chi connectivity index (χ2n) is 8.76. The van der Waals surface area contributed by atoms with Crippen LogP contribution in [0.5, 0.6) is 0 Å². The van der Waals surface area contributed by atoms with Gasteiger partial charge in [-0.15, -0.1) is 0 Å². The van der Waals surface area contributed by atoms with Crippen LogP contribution >= 0.6 is 15.9 Å². The first kappa shape index (κ1) is 28.5. The molecule has 0 aliphatic heterocycles. The van der Waals surface area contributed by atoms with E-state index in [-0.39, 0.29) is 14.9 Å². The molecule has 0 fully saturated rings. The summed E-state index contributed by atoms with van der Waals surface area (Å²) in [4.78, 5) is -0.975. The van der Waals surface area contributed by atoms with Gasteiger partial charge in [0, 0.05) is 31.5 Å². The number of anilines is 1. The van der Waals surface area contributed by atoms with Crippen LogP contribution in [0.3, 0.4) is 0 Å². The van der Waals surface area contributed by atoms with Crippen LogP contribution in [-0.4, -0.2) is 39.7 Å². The third kappa shape index (κ3) is 4.84. The summed E-state index contributed by atoms with van der Waals surface area (Å²) in [7, 11) is -8.53. The second-order valence-corrected chi connectivity index (χ2v) is 13.1. The van der Waals surface area contributed by atoms with Crippen LogP contribution < -0.4 is 4.72 Å². The van der Waals surface area contributed by atoms with Crippen LogP contribution in [0.25, 0.3) is 0 Å². The molecule has 3 aromatic rings. The lowest BCUT2D eigenvalue weighted by atomic mass is 9.83. The number of benzene rings is 2. The van der Waals surface area contributed by atoms with Gasteiger partial charge in [0.15, 0.2) is 5.60 Å². The number of ether oxygens (including phenoxy) is 1. The maximum Gasteiger partial charge on any atom is 0.417 e. The number of hydrogen-bond acceptors (Lipinski definition) is 5. The Morgan fingerprint density at radius 2 is 1.68 bits per heavy atom. The molecule has 38 heavy (non-hydrogen) atoms. The maximum atomic E-state index is 14.4. The van der Waals surface area contributed by atoms with Gasteiger partial charge in [0.25, 0.3) is 20.0 Å². The Balaban J connectivity index is 1.92. The Kier molecular flexibility index (Phi) is 7.21. The van der Waals surface area contributed by atoms with Crippen molar-refractivity contribution in [2.75, 3.05) is 11.8 Å². The molecule has 0 radical (unpaired) electrons. The lowest BCUT2D eigenvalue weighted by molar-refractivity contribution is -0.273. The molecule has 0 amide bonds. The van der Waals surface area contributed by atoms with Crippen molar-refractivity contribution >= 4 is 41.7 Å². The van der Waals surface area contributed by atoms with Crippen LogP contribution in [0.4, 0.5) is 27.6 Å². The van der Waals surface area contributed by atoms with E-state index in [0.717, 1.165) is 7.11 Å². The fourth-order valence-corrected chi connectivity index (χ4v) is 7.42. The second kappa shape index (κ2) is 9.61. The normalized spacial score (nSPS) is 18.3. The Morgan fingerprint density at radius 3 is 2.26 bits per heavy atom. The van der Waals surface area contributed by atoms with E-state index in [9.17, 15) is 38.8 Å². The molecule has 1 aromatic heterocycles. The summed E-state index contributed by atoms with van der Waals surface area (Å²) < 4.78 is 131. The first-order valence-corrected chi connectivity index (χ1v) is 14.6. The molecule has 2 aromatic carbocycles. The molecular weight excluding hydrogens is 623 g/mol. The highest BCUT2D eigenvalue weighted by molar-refractivity contribution is 9.10. The Morgan fingerprint density at radius 1 is 1.05 bits per heavy atom. The number of aromatic nitrogens is 1. The molecule has 4 rings (SSSR count). The fourth-order valence-electron chi connectivity index (χ4n) is 4.28. The van der Waals surface area contributed by atoms with Crippen molar-refractivity contribution in [1.82, 2.24) is 3.97 Å². The third-order valence-corrected chi connectivity index (χ3v) is 10.1. The van der Waals surface area contributed by atoms with E-state index in [2.05, 4.69) is 15.9 Å². The van der Waals surface area contributed by atoms with E-state index < -0.39 is 79.0 Å². The minimum atomic E-state index is -4.91. The summed E-state index contributed by atoms with van der Waals surface area (Å²) in [5, 5.41) is 0. The summed E-state index contributed by atoms with van der Waals surface area (Å²) >= 11 is 2.77. The topological polar surface area (TPSA) is 94.5 Å². The zero-order chi connectivity index (χ0) is 28.3. The van der Waals surface area contributed by atoms with Gasteiger partial charge in [-0.25, -0.2) is 29.6 Å². The maximum absolute atomic E-state index is 14.4. The Bertz CT molecular complexity index is 1620. The molecule has 0 saturated heterocycles. The molecular formula is C23H20BrF5N2O5S2. The van der Waals surface area contributed by atoms with Crippen LogP contribution in [0.2, 0.25) is 0 Å². The van der Waals surface area contributed by atoms with E-state index >= 15 is 0 Å². The van der Waals surface area contributed by atoms with Crippen molar-refractivity contribution in [2.24, 2.45) is 0 Å². The molecule has 0 spiro atoms. The number of methoxy groups -OCH3 is 1. The van der Waals surface area contributed by atoms with Crippen molar-refractivity contribution < 1.29 is 43.5 Å². The van der Waals surface area contributed by atoms with Crippen molar-refractivity contribution in [1.29, 1.82) is 0 Å². The lowest BCUT2D eigenvalue weighted by Gasteiger charge is -2.38. The Labute approximate surface area is 223 Å². The van der Waals surface area contributed by atoms with Crippen molar-refractivity contribution in [3.8, 4) is 0 Å². The molecule has 0 bridgehead atoms. The zero-order valence-corrected chi connectivity index (χ0v) is 23.0. The first-order chi connectivity index (χ1) is 17.5. The molecule has 0 saturated carbocycles. The lowest BCUT2D eigenvalue weighted by Crippen LogP contribution is -2.51. The van der Waals surface area contributed by atoms with Crippen LogP contribution in [0, 0.1) is 18.6 Å². The number of hydrogen-bond donors (Lipinski definition) is 1. The van der Waals surface area contributed by atoms with E-state index in [1.165, 1.54) is 24.3 Å². The molecule has 1 heterocycles. The standard InChI is InChI=1S/C23H20BrF5N2O5S2/c1-13-3-5-14(6-4-13)38(34,35)31-12-21(15-7-8-22(36-2,11-20(15)31)23(27,28)29)37(32,33)30-19-10-17(25)16(24)9-18(19)26/h3-6,9-10,12,30H,7-8,11H2,1-2H3/t22-/m1/s1. The highest BCUT2D eigenvalue weighted by atomic mass is 79.9. The summed E-state index contributed by atoms with van der Waals surface area (Å²) in [6, 6.07) is 6.68. The minimum absolute atomic E-state index is 0.205. The SMILES string of the molecule is CO[C@]1(C(F)(F)F)CCc2c(S(=O)(=O)Nc3cc(F)c(Br)cc3F)cn(S(=O)(=O)c3ccc(C)cc3)c2C1. The minimum Gasteiger partial charge on any atom is -0.368 e. The average Bonchev–Trinajstić information content (AvgIpc) is 3.22. The number of nitrogens with one attached hydrogen (secondary N) is 1. The summed E-state index contributed by atoms with van der Waals surface area (Å²) in [5.41, 5.74) is -3.48. The predicted octanol–water partition coefficient (Wildman–Crippen LogP) is 5.31. The summed E-state index contributed by atoms with van der Waals surface area (Å²) in [6.45, 7) is 1.70. The van der Waals surface area contributed by atoms with Gasteiger partial charge in [-0.05, 0) is 59.5 Å². The predicted molar refractivity (Wildman–Crippen MR) is 131 cm³/mol. The quantitative estimate of drug-likeness (QED) is 0.291. The number of alkyl halides is 3. The van der Waals surface area contributed by atoms with Gasteiger partial charge in [0.05, 0.1) is 15.1 Å². The summed E-state index contributed by atoms with van der Waals surface area (Å²) in [6.07, 6.45) is -6.44. The number of aryl methyl sites for hydroxylation is 1. The molecule has 206 valence electrons. The van der Waals surface area contributed by atoms with Crippen LogP contribution in [0.1, 0.15) is 23.2 Å². The van der Waals surface area contributed by atoms with Gasteiger partial charge in [-0.2, -0.15) is 13.2 Å². The van der Waals surface area contributed by atoms with Gasteiger partial charge >= 0.3 is 6.18 Å². The monoisotopic (exact) mass is 642 g/mol. The van der Waals surface area contributed by atoms with Gasteiger partial charge in [0.2, 0.25) is 0 Å². The highest BCUT2D eigenvalue weighted by Crippen LogP contribution is 2.45. The van der Waals surface area contributed by atoms with E-state index in [1.54, 1.807) is 6.92 Å². The number of sulfonamides is 1. The van der Waals surface area contributed by atoms with E-state index in [4.69, 9.17) is 4.74 Å². The molecule has 1 N–H and O–H groups in total. The highest BCUT2D eigenvalue weighted by Gasteiger charge is 2.58. The molecule has 0 unspecified atom stereocenters. The van der Waals surface area contributed by atoms with Gasteiger partial charge in [0.1, 0.15) is 16.5 Å². The van der Waals surface area contributed by atoms with E-state index in [1.807, 2.05) is 4.72 Å². The molecule has 1 aliphatic carbocycles. The number of nitrogens with zero attached hydrogens (tertiary/aromatic N) is 1. The Hall–Kier alpha value is -2.49. The van der Waals surface area contributed by atoms with Gasteiger partial charge in [-0.1, -0.05) is 17.7 Å². The van der Waals surface area contributed by atoms with Crippen molar-refractivity contribution in [2.45, 2.75) is 47.8 Å².